The lowest BCUT2D eigenvalue weighted by Gasteiger charge is -2.15. The van der Waals surface area contributed by atoms with E-state index in [0.29, 0.717) is 5.75 Å². The Labute approximate surface area is 145 Å². The minimum atomic E-state index is -0.342. The van der Waals surface area contributed by atoms with Gasteiger partial charge in [-0.25, -0.2) is 14.6 Å². The smallest absolute Gasteiger partial charge is 0.167 e. The number of carbonyl (C=O) groups is 1. The molecule has 124 valence electrons. The molecule has 0 N–H and O–H groups in total. The topological polar surface area (TPSA) is 60.7 Å². The van der Waals surface area contributed by atoms with E-state index in [1.165, 1.54) is 23.7 Å². The predicted octanol–water partition coefficient (Wildman–Crippen LogP) is 3.83. The number of hydrogen-bond donors (Lipinski definition) is 0. The minimum absolute atomic E-state index is 0.199. The molecule has 3 aromatic rings. The molecule has 0 aliphatic rings. The molecule has 0 unspecified atom stereocenters. The fraction of sp³-hybridized carbons (Fsp3) is 0.333. The number of nitrogens with zero attached hydrogens (tertiary/aromatic N) is 4. The van der Waals surface area contributed by atoms with Gasteiger partial charge in [0.1, 0.15) is 17.1 Å². The summed E-state index contributed by atoms with van der Waals surface area (Å²) in [5.74, 6) is 0.593. The molecule has 6 heteroatoms. The van der Waals surface area contributed by atoms with Gasteiger partial charge in [-0.15, -0.1) is 0 Å². The van der Waals surface area contributed by atoms with E-state index in [9.17, 15) is 4.79 Å². The molecule has 0 fully saturated rings. The highest BCUT2D eigenvalue weighted by Gasteiger charge is 2.22. The highest BCUT2D eigenvalue weighted by atomic mass is 32.2. The summed E-state index contributed by atoms with van der Waals surface area (Å²) in [4.78, 5) is 20.8. The number of aromatic nitrogens is 4. The molecular formula is C18H20N4OS. The minimum Gasteiger partial charge on any atom is -0.298 e. The highest BCUT2D eigenvalue weighted by molar-refractivity contribution is 8.00. The summed E-state index contributed by atoms with van der Waals surface area (Å²) < 4.78 is 1.80. The first-order chi connectivity index (χ1) is 11.4. The number of thioether (sulfide) groups is 1. The van der Waals surface area contributed by atoms with E-state index in [1.54, 1.807) is 10.9 Å². The first-order valence-electron chi connectivity index (χ1n) is 7.78. The molecule has 1 aromatic carbocycles. The molecule has 0 aliphatic carbocycles. The van der Waals surface area contributed by atoms with Crippen LogP contribution in [0.2, 0.25) is 0 Å². The maximum atomic E-state index is 12.1. The van der Waals surface area contributed by atoms with Crippen LogP contribution in [0.3, 0.4) is 0 Å². The summed E-state index contributed by atoms with van der Waals surface area (Å²) in [6.45, 7) is 7.84. The van der Waals surface area contributed by atoms with Crippen molar-refractivity contribution < 1.29 is 4.79 Å². The van der Waals surface area contributed by atoms with Gasteiger partial charge in [-0.05, 0) is 19.1 Å². The number of rotatable bonds is 4. The van der Waals surface area contributed by atoms with Crippen molar-refractivity contribution in [3.8, 4) is 5.69 Å². The van der Waals surface area contributed by atoms with Gasteiger partial charge >= 0.3 is 0 Å². The molecule has 0 saturated carbocycles. The van der Waals surface area contributed by atoms with Gasteiger partial charge in [0.2, 0.25) is 0 Å². The summed E-state index contributed by atoms with van der Waals surface area (Å²) >= 11 is 1.44. The van der Waals surface area contributed by atoms with Gasteiger partial charge in [0.25, 0.3) is 0 Å². The Morgan fingerprint density at radius 3 is 2.54 bits per heavy atom. The van der Waals surface area contributed by atoms with E-state index < -0.39 is 0 Å². The van der Waals surface area contributed by atoms with Crippen LogP contribution in [0.1, 0.15) is 26.3 Å². The Morgan fingerprint density at radius 1 is 1.17 bits per heavy atom. The Balaban J connectivity index is 1.92. The van der Waals surface area contributed by atoms with Crippen LogP contribution in [-0.4, -0.2) is 31.3 Å². The van der Waals surface area contributed by atoms with Crippen molar-refractivity contribution in [1.82, 2.24) is 19.7 Å². The third-order valence-corrected chi connectivity index (χ3v) is 4.79. The first kappa shape index (κ1) is 16.6. The van der Waals surface area contributed by atoms with Crippen molar-refractivity contribution in [2.24, 2.45) is 5.41 Å². The molecule has 0 amide bonds. The van der Waals surface area contributed by atoms with E-state index in [2.05, 4.69) is 15.1 Å². The molecule has 0 radical (unpaired) electrons. The third kappa shape index (κ3) is 3.33. The van der Waals surface area contributed by atoms with Crippen molar-refractivity contribution >= 4 is 28.6 Å². The van der Waals surface area contributed by atoms with Crippen molar-refractivity contribution in [3.63, 3.8) is 0 Å². The molecule has 0 aliphatic heterocycles. The zero-order chi connectivity index (χ0) is 17.3. The normalized spacial score (nSPS) is 11.8. The van der Waals surface area contributed by atoms with Crippen LogP contribution in [0.5, 0.6) is 0 Å². The second-order valence-electron chi connectivity index (χ2n) is 6.77. The van der Waals surface area contributed by atoms with Gasteiger partial charge in [0.15, 0.2) is 5.65 Å². The summed E-state index contributed by atoms with van der Waals surface area (Å²) in [5, 5.41) is 6.10. The highest BCUT2D eigenvalue weighted by Crippen LogP contribution is 2.28. The second-order valence-corrected chi connectivity index (χ2v) is 7.73. The largest absolute Gasteiger partial charge is 0.298 e. The average molecular weight is 340 g/mol. The number of hydrogen-bond acceptors (Lipinski definition) is 5. The standard InChI is InChI=1S/C18H20N4OS/c1-12-5-7-13(8-6-12)22-16-14(9-21-22)17(20-11-19-16)24-10-15(23)18(2,3)4/h5-9,11H,10H2,1-4H3. The molecule has 0 bridgehead atoms. The molecular weight excluding hydrogens is 320 g/mol. The Morgan fingerprint density at radius 2 is 1.88 bits per heavy atom. The zero-order valence-corrected chi connectivity index (χ0v) is 15.1. The van der Waals surface area contributed by atoms with Crippen LogP contribution >= 0.6 is 11.8 Å². The Hall–Kier alpha value is -2.21. The lowest BCUT2D eigenvalue weighted by Crippen LogP contribution is -2.22. The third-order valence-electron chi connectivity index (χ3n) is 3.78. The molecule has 0 atom stereocenters. The quantitative estimate of drug-likeness (QED) is 0.533. The molecule has 2 aromatic heterocycles. The van der Waals surface area contributed by atoms with Crippen LogP contribution < -0.4 is 0 Å². The lowest BCUT2D eigenvalue weighted by atomic mass is 9.92. The van der Waals surface area contributed by atoms with Crippen LogP contribution in [0.15, 0.2) is 41.8 Å². The Bertz CT molecular complexity index is 878. The van der Waals surface area contributed by atoms with Crippen LogP contribution in [0, 0.1) is 12.3 Å². The number of benzene rings is 1. The predicted molar refractivity (Wildman–Crippen MR) is 96.6 cm³/mol. The lowest BCUT2D eigenvalue weighted by molar-refractivity contribution is -0.123. The van der Waals surface area contributed by atoms with Crippen molar-refractivity contribution in [1.29, 1.82) is 0 Å². The molecule has 2 heterocycles. The molecule has 0 saturated heterocycles. The fourth-order valence-corrected chi connectivity index (χ4v) is 3.28. The summed E-state index contributed by atoms with van der Waals surface area (Å²) in [5.41, 5.74) is 2.56. The number of Topliss-reactive ketones (excluding diaryl/α,β-unsaturated/α-hetero) is 1. The van der Waals surface area contributed by atoms with Crippen molar-refractivity contribution in [2.75, 3.05) is 5.75 Å². The summed E-state index contributed by atoms with van der Waals surface area (Å²) in [7, 11) is 0. The monoisotopic (exact) mass is 340 g/mol. The molecule has 5 nitrogen and oxygen atoms in total. The number of carbonyl (C=O) groups excluding carboxylic acids is 1. The van der Waals surface area contributed by atoms with Gasteiger partial charge in [-0.2, -0.15) is 5.10 Å². The van der Waals surface area contributed by atoms with E-state index in [-0.39, 0.29) is 11.2 Å². The number of fused-ring (bicyclic) bond motifs is 1. The maximum Gasteiger partial charge on any atom is 0.167 e. The van der Waals surface area contributed by atoms with Crippen LogP contribution in [-0.2, 0) is 4.79 Å². The molecule has 0 spiro atoms. The van der Waals surface area contributed by atoms with Crippen molar-refractivity contribution in [3.05, 3.63) is 42.4 Å². The first-order valence-corrected chi connectivity index (χ1v) is 8.77. The van der Waals surface area contributed by atoms with Gasteiger partial charge in [-0.3, -0.25) is 4.79 Å². The van der Waals surface area contributed by atoms with E-state index in [0.717, 1.165) is 21.7 Å². The van der Waals surface area contributed by atoms with Crippen molar-refractivity contribution in [2.45, 2.75) is 32.7 Å². The maximum absolute atomic E-state index is 12.1. The zero-order valence-electron chi connectivity index (χ0n) is 14.3. The van der Waals surface area contributed by atoms with Gasteiger partial charge in [0, 0.05) is 5.41 Å². The van der Waals surface area contributed by atoms with Gasteiger partial charge < -0.3 is 0 Å². The van der Waals surface area contributed by atoms with Crippen LogP contribution in [0.25, 0.3) is 16.7 Å². The Kier molecular flexibility index (Phi) is 4.41. The second kappa shape index (κ2) is 6.36. The average Bonchev–Trinajstić information content (AvgIpc) is 2.97. The van der Waals surface area contributed by atoms with Gasteiger partial charge in [0.05, 0.1) is 23.0 Å². The van der Waals surface area contributed by atoms with E-state index in [4.69, 9.17) is 0 Å². The van der Waals surface area contributed by atoms with E-state index >= 15 is 0 Å². The molecule has 3 rings (SSSR count). The molecule has 24 heavy (non-hydrogen) atoms. The summed E-state index contributed by atoms with van der Waals surface area (Å²) in [6, 6.07) is 8.11. The number of aryl methyl sites for hydroxylation is 1. The van der Waals surface area contributed by atoms with Gasteiger partial charge in [-0.1, -0.05) is 50.2 Å². The number of ketones is 1. The fourth-order valence-electron chi connectivity index (χ4n) is 2.16. The summed E-state index contributed by atoms with van der Waals surface area (Å²) in [6.07, 6.45) is 3.29. The van der Waals surface area contributed by atoms with Crippen LogP contribution in [0.4, 0.5) is 0 Å². The van der Waals surface area contributed by atoms with E-state index in [1.807, 2.05) is 52.0 Å². The SMILES string of the molecule is Cc1ccc(-n2ncc3c(SCC(=O)C(C)(C)C)ncnc32)cc1.